The Morgan fingerprint density at radius 2 is 2.21 bits per heavy atom. The molecule has 0 atom stereocenters. The van der Waals surface area contributed by atoms with Gasteiger partial charge < -0.3 is 15.3 Å². The lowest BCUT2D eigenvalue weighted by Crippen LogP contribution is -2.43. The summed E-state index contributed by atoms with van der Waals surface area (Å²) in [6.07, 6.45) is 0. The van der Waals surface area contributed by atoms with Gasteiger partial charge in [-0.1, -0.05) is 22.9 Å². The highest BCUT2D eigenvalue weighted by Crippen LogP contribution is 2.29. The lowest BCUT2D eigenvalue weighted by Gasteiger charge is -2.26. The SMILES string of the molecule is OCc1sc(N2CCNCC2)nc1Cl. The van der Waals surface area contributed by atoms with E-state index < -0.39 is 0 Å². The number of anilines is 1. The molecule has 78 valence electrons. The van der Waals surface area contributed by atoms with Gasteiger partial charge in [-0.15, -0.1) is 0 Å². The summed E-state index contributed by atoms with van der Waals surface area (Å²) in [5, 5.41) is 13.6. The van der Waals surface area contributed by atoms with Crippen LogP contribution in [-0.4, -0.2) is 36.3 Å². The van der Waals surface area contributed by atoms with E-state index in [0.29, 0.717) is 5.15 Å². The zero-order chi connectivity index (χ0) is 9.97. The van der Waals surface area contributed by atoms with E-state index in [1.54, 1.807) is 0 Å². The van der Waals surface area contributed by atoms with Crippen molar-refractivity contribution in [2.45, 2.75) is 6.61 Å². The maximum Gasteiger partial charge on any atom is 0.187 e. The number of thiazole rings is 1. The topological polar surface area (TPSA) is 48.4 Å². The van der Waals surface area contributed by atoms with Gasteiger partial charge in [-0.05, 0) is 0 Å². The number of aliphatic hydroxyl groups is 1. The maximum absolute atomic E-state index is 8.99. The molecule has 0 saturated carbocycles. The molecule has 0 bridgehead atoms. The van der Waals surface area contributed by atoms with E-state index in [1.807, 2.05) is 0 Å². The van der Waals surface area contributed by atoms with Gasteiger partial charge in [0, 0.05) is 26.2 Å². The first kappa shape index (κ1) is 10.2. The number of rotatable bonds is 2. The highest BCUT2D eigenvalue weighted by atomic mass is 35.5. The third-order valence-electron chi connectivity index (χ3n) is 2.17. The third-order valence-corrected chi connectivity index (χ3v) is 3.70. The van der Waals surface area contributed by atoms with E-state index in [2.05, 4.69) is 15.2 Å². The van der Waals surface area contributed by atoms with Crippen molar-refractivity contribution in [1.82, 2.24) is 10.3 Å². The molecule has 0 aliphatic carbocycles. The minimum Gasteiger partial charge on any atom is -0.391 e. The minimum absolute atomic E-state index is 0.0252. The number of halogens is 1. The van der Waals surface area contributed by atoms with Crippen molar-refractivity contribution >= 4 is 28.1 Å². The molecule has 0 amide bonds. The summed E-state index contributed by atoms with van der Waals surface area (Å²) in [6.45, 7) is 3.84. The van der Waals surface area contributed by atoms with Gasteiger partial charge in [-0.3, -0.25) is 0 Å². The molecule has 1 aromatic heterocycles. The van der Waals surface area contributed by atoms with E-state index in [1.165, 1.54) is 11.3 Å². The number of piperazine rings is 1. The molecule has 1 saturated heterocycles. The molecule has 2 heterocycles. The lowest BCUT2D eigenvalue weighted by atomic mass is 10.4. The van der Waals surface area contributed by atoms with Crippen LogP contribution in [0.25, 0.3) is 0 Å². The highest BCUT2D eigenvalue weighted by molar-refractivity contribution is 7.16. The van der Waals surface area contributed by atoms with Crippen LogP contribution in [0.5, 0.6) is 0 Å². The van der Waals surface area contributed by atoms with E-state index in [9.17, 15) is 0 Å². The van der Waals surface area contributed by atoms with Gasteiger partial charge in [0.05, 0.1) is 11.5 Å². The summed E-state index contributed by atoms with van der Waals surface area (Å²) in [7, 11) is 0. The van der Waals surface area contributed by atoms with Crippen LogP contribution in [0.2, 0.25) is 5.15 Å². The maximum atomic E-state index is 8.99. The number of aromatic nitrogens is 1. The number of aliphatic hydroxyl groups excluding tert-OH is 1. The Labute approximate surface area is 91.5 Å². The van der Waals surface area contributed by atoms with Crippen molar-refractivity contribution in [2.75, 3.05) is 31.1 Å². The first-order valence-electron chi connectivity index (χ1n) is 4.53. The predicted octanol–water partition coefficient (Wildman–Crippen LogP) is 0.698. The number of hydrogen-bond donors (Lipinski definition) is 2. The average Bonchev–Trinajstić information content (AvgIpc) is 2.61. The molecule has 0 unspecified atom stereocenters. The molecule has 2 N–H and O–H groups in total. The molecular weight excluding hydrogens is 222 g/mol. The largest absolute Gasteiger partial charge is 0.391 e. The second-order valence-electron chi connectivity index (χ2n) is 3.11. The molecule has 1 aromatic rings. The number of nitrogens with zero attached hydrogens (tertiary/aromatic N) is 2. The summed E-state index contributed by atoms with van der Waals surface area (Å²) in [4.78, 5) is 7.16. The van der Waals surface area contributed by atoms with E-state index in [0.717, 1.165) is 36.2 Å². The molecule has 6 heteroatoms. The van der Waals surface area contributed by atoms with Crippen LogP contribution in [0, 0.1) is 0 Å². The molecule has 1 aliphatic rings. The highest BCUT2D eigenvalue weighted by Gasteiger charge is 2.16. The second-order valence-corrected chi connectivity index (χ2v) is 4.53. The van der Waals surface area contributed by atoms with Crippen molar-refractivity contribution in [3.63, 3.8) is 0 Å². The monoisotopic (exact) mass is 233 g/mol. The Bertz CT molecular complexity index is 312. The zero-order valence-corrected chi connectivity index (χ0v) is 9.24. The van der Waals surface area contributed by atoms with Crippen molar-refractivity contribution in [1.29, 1.82) is 0 Å². The Hall–Kier alpha value is -0.360. The standard InChI is InChI=1S/C8H12ClN3OS/c9-7-6(5-13)14-8(11-7)12-3-1-10-2-4-12/h10,13H,1-5H2. The molecule has 0 spiro atoms. The van der Waals surface area contributed by atoms with Gasteiger partial charge in [0.2, 0.25) is 0 Å². The van der Waals surface area contributed by atoms with Crippen LogP contribution in [-0.2, 0) is 6.61 Å². The fraction of sp³-hybridized carbons (Fsp3) is 0.625. The van der Waals surface area contributed by atoms with Crippen LogP contribution in [0.1, 0.15) is 4.88 Å². The molecule has 1 fully saturated rings. The third kappa shape index (κ3) is 2.00. The molecule has 2 rings (SSSR count). The Kier molecular flexibility index (Phi) is 3.22. The van der Waals surface area contributed by atoms with Gasteiger partial charge >= 0.3 is 0 Å². The summed E-state index contributed by atoms with van der Waals surface area (Å²) >= 11 is 7.33. The van der Waals surface area contributed by atoms with E-state index in [4.69, 9.17) is 16.7 Å². The fourth-order valence-electron chi connectivity index (χ4n) is 1.41. The molecule has 0 aromatic carbocycles. The van der Waals surface area contributed by atoms with Crippen molar-refractivity contribution in [3.05, 3.63) is 10.0 Å². The summed E-state index contributed by atoms with van der Waals surface area (Å²) in [5.74, 6) is 0. The minimum atomic E-state index is -0.0252. The van der Waals surface area contributed by atoms with Gasteiger partial charge in [-0.25, -0.2) is 4.98 Å². The zero-order valence-electron chi connectivity index (χ0n) is 7.66. The summed E-state index contributed by atoms with van der Waals surface area (Å²) in [5.41, 5.74) is 0. The smallest absolute Gasteiger partial charge is 0.187 e. The van der Waals surface area contributed by atoms with Crippen molar-refractivity contribution < 1.29 is 5.11 Å². The average molecular weight is 234 g/mol. The van der Waals surface area contributed by atoms with Crippen molar-refractivity contribution in [2.24, 2.45) is 0 Å². The van der Waals surface area contributed by atoms with Gasteiger partial charge in [0.1, 0.15) is 5.15 Å². The van der Waals surface area contributed by atoms with Crippen LogP contribution >= 0.6 is 22.9 Å². The first-order valence-corrected chi connectivity index (χ1v) is 5.72. The van der Waals surface area contributed by atoms with E-state index >= 15 is 0 Å². The molecule has 1 aliphatic heterocycles. The molecule has 14 heavy (non-hydrogen) atoms. The van der Waals surface area contributed by atoms with E-state index in [-0.39, 0.29) is 6.61 Å². The van der Waals surface area contributed by atoms with Crippen LogP contribution in [0.4, 0.5) is 5.13 Å². The summed E-state index contributed by atoms with van der Waals surface area (Å²) < 4.78 is 0. The van der Waals surface area contributed by atoms with Crippen LogP contribution in [0.3, 0.4) is 0 Å². The van der Waals surface area contributed by atoms with Crippen LogP contribution in [0.15, 0.2) is 0 Å². The molecule has 0 radical (unpaired) electrons. The second kappa shape index (κ2) is 4.44. The van der Waals surface area contributed by atoms with Gasteiger partial charge in [0.15, 0.2) is 5.13 Å². The van der Waals surface area contributed by atoms with Gasteiger partial charge in [-0.2, -0.15) is 0 Å². The lowest BCUT2D eigenvalue weighted by molar-refractivity contribution is 0.285. The first-order chi connectivity index (χ1) is 6.81. The normalized spacial score (nSPS) is 17.4. The number of nitrogens with one attached hydrogen (secondary N) is 1. The predicted molar refractivity (Wildman–Crippen MR) is 58.1 cm³/mol. The van der Waals surface area contributed by atoms with Crippen LogP contribution < -0.4 is 10.2 Å². The Balaban J connectivity index is 2.14. The van der Waals surface area contributed by atoms with Gasteiger partial charge in [0.25, 0.3) is 0 Å². The Morgan fingerprint density at radius 3 is 2.79 bits per heavy atom. The number of hydrogen-bond acceptors (Lipinski definition) is 5. The quantitative estimate of drug-likeness (QED) is 0.790. The summed E-state index contributed by atoms with van der Waals surface area (Å²) in [6, 6.07) is 0. The van der Waals surface area contributed by atoms with Crippen molar-refractivity contribution in [3.8, 4) is 0 Å². The molecular formula is C8H12ClN3OS. The fourth-order valence-corrected chi connectivity index (χ4v) is 2.58. The molecule has 4 nitrogen and oxygen atoms in total. The Morgan fingerprint density at radius 1 is 1.50 bits per heavy atom.